The van der Waals surface area contributed by atoms with Crippen LogP contribution in [0.15, 0.2) is 90.3 Å². The number of pyridine rings is 1. The zero-order valence-corrected chi connectivity index (χ0v) is 18.2. The van der Waals surface area contributed by atoms with Crippen LogP contribution >= 0.6 is 11.3 Å². The summed E-state index contributed by atoms with van der Waals surface area (Å²) in [6, 6.07) is 24.7. The molecule has 0 saturated heterocycles. The third-order valence-corrected chi connectivity index (χ3v) is 5.81. The molecule has 0 bridgehead atoms. The van der Waals surface area contributed by atoms with Crippen molar-refractivity contribution in [2.24, 2.45) is 0 Å². The fourth-order valence-electron chi connectivity index (χ4n) is 3.40. The number of thiazole rings is 1. The normalized spacial score (nSPS) is 10.8. The van der Waals surface area contributed by atoms with E-state index in [2.05, 4.69) is 15.3 Å². The molecule has 1 N–H and O–H groups in total. The largest absolute Gasteiger partial charge is 0.487 e. The second-order valence-corrected chi connectivity index (χ2v) is 8.14. The lowest BCUT2D eigenvalue weighted by Gasteiger charge is -2.10. The third kappa shape index (κ3) is 4.73. The van der Waals surface area contributed by atoms with Gasteiger partial charge in [-0.25, -0.2) is 14.4 Å². The van der Waals surface area contributed by atoms with E-state index in [1.54, 1.807) is 18.2 Å². The maximum Gasteiger partial charge on any atom is 0.258 e. The molecule has 7 heteroatoms. The number of nitrogens with zero attached hydrogens (tertiary/aromatic N) is 2. The SMILES string of the molecule is O=C(Nc1nc(COc2ccccc2)cs1)c1cc(-c2ccc(F)cc2)nc2ccccc12. The molecule has 5 nitrogen and oxygen atoms in total. The fourth-order valence-corrected chi connectivity index (χ4v) is 4.09. The second kappa shape index (κ2) is 9.18. The van der Waals surface area contributed by atoms with E-state index < -0.39 is 0 Å². The minimum atomic E-state index is -0.326. The molecule has 0 unspecified atom stereocenters. The molecule has 0 aliphatic heterocycles. The van der Waals surface area contributed by atoms with E-state index in [-0.39, 0.29) is 11.7 Å². The molecule has 33 heavy (non-hydrogen) atoms. The molecule has 0 aliphatic rings. The molecule has 3 aromatic carbocycles. The number of anilines is 1. The van der Waals surface area contributed by atoms with Gasteiger partial charge in [0.25, 0.3) is 5.91 Å². The molecule has 5 rings (SSSR count). The number of para-hydroxylation sites is 2. The smallest absolute Gasteiger partial charge is 0.258 e. The molecule has 2 heterocycles. The van der Waals surface area contributed by atoms with E-state index in [4.69, 9.17) is 4.74 Å². The highest BCUT2D eigenvalue weighted by molar-refractivity contribution is 7.14. The Kier molecular flexibility index (Phi) is 5.78. The van der Waals surface area contributed by atoms with E-state index in [1.807, 2.05) is 60.0 Å². The third-order valence-electron chi connectivity index (χ3n) is 5.00. The first kappa shape index (κ1) is 20.8. The van der Waals surface area contributed by atoms with Gasteiger partial charge in [0.05, 0.1) is 22.5 Å². The van der Waals surface area contributed by atoms with E-state index in [9.17, 15) is 9.18 Å². The van der Waals surface area contributed by atoms with Gasteiger partial charge in [-0.05, 0) is 48.5 Å². The van der Waals surface area contributed by atoms with Crippen LogP contribution in [0.5, 0.6) is 5.75 Å². The number of nitrogens with one attached hydrogen (secondary N) is 1. The summed E-state index contributed by atoms with van der Waals surface area (Å²) < 4.78 is 19.1. The van der Waals surface area contributed by atoms with Gasteiger partial charge in [-0.1, -0.05) is 36.4 Å². The number of carbonyl (C=O) groups excluding carboxylic acids is 1. The molecule has 0 radical (unpaired) electrons. The Labute approximate surface area is 193 Å². The van der Waals surface area contributed by atoms with Crippen LogP contribution in [-0.2, 0) is 6.61 Å². The lowest BCUT2D eigenvalue weighted by molar-refractivity contribution is 0.102. The average Bonchev–Trinajstić information content (AvgIpc) is 3.30. The minimum absolute atomic E-state index is 0.290. The summed E-state index contributed by atoms with van der Waals surface area (Å²) in [5.41, 5.74) is 3.20. The number of aromatic nitrogens is 2. The summed E-state index contributed by atoms with van der Waals surface area (Å²) >= 11 is 1.33. The molecule has 5 aromatic rings. The molecule has 0 atom stereocenters. The van der Waals surface area contributed by atoms with Gasteiger partial charge in [-0.3, -0.25) is 10.1 Å². The van der Waals surface area contributed by atoms with E-state index in [0.717, 1.165) is 22.4 Å². The summed E-state index contributed by atoms with van der Waals surface area (Å²) in [5.74, 6) is 0.142. The average molecular weight is 456 g/mol. The lowest BCUT2D eigenvalue weighted by atomic mass is 10.0. The van der Waals surface area contributed by atoms with Crippen LogP contribution in [0.3, 0.4) is 0 Å². The number of fused-ring (bicyclic) bond motifs is 1. The molecule has 162 valence electrons. The zero-order chi connectivity index (χ0) is 22.6. The maximum absolute atomic E-state index is 13.4. The van der Waals surface area contributed by atoms with Crippen LogP contribution in [0.2, 0.25) is 0 Å². The van der Waals surface area contributed by atoms with E-state index >= 15 is 0 Å². The Balaban J connectivity index is 1.39. The van der Waals surface area contributed by atoms with Gasteiger partial charge in [-0.15, -0.1) is 11.3 Å². The molecule has 2 aromatic heterocycles. The van der Waals surface area contributed by atoms with Crippen molar-refractivity contribution in [2.45, 2.75) is 6.61 Å². The predicted octanol–water partition coefficient (Wildman–Crippen LogP) is 6.33. The first-order chi connectivity index (χ1) is 16.2. The highest BCUT2D eigenvalue weighted by Crippen LogP contribution is 2.26. The summed E-state index contributed by atoms with van der Waals surface area (Å²) in [5, 5.41) is 5.95. The lowest BCUT2D eigenvalue weighted by Crippen LogP contribution is -2.13. The van der Waals surface area contributed by atoms with Gasteiger partial charge in [0.15, 0.2) is 5.13 Å². The fraction of sp³-hybridized carbons (Fsp3) is 0.0385. The first-order valence-corrected chi connectivity index (χ1v) is 11.1. The van der Waals surface area contributed by atoms with Gasteiger partial charge in [0.2, 0.25) is 0 Å². The van der Waals surface area contributed by atoms with Crippen molar-refractivity contribution >= 4 is 33.3 Å². The topological polar surface area (TPSA) is 64.1 Å². The van der Waals surface area contributed by atoms with Gasteiger partial charge in [0, 0.05) is 16.3 Å². The Bertz CT molecular complexity index is 1420. The Morgan fingerprint density at radius 3 is 2.52 bits per heavy atom. The summed E-state index contributed by atoms with van der Waals surface area (Å²) in [7, 11) is 0. The number of benzene rings is 3. The monoisotopic (exact) mass is 455 g/mol. The quantitative estimate of drug-likeness (QED) is 0.325. The van der Waals surface area contributed by atoms with Gasteiger partial charge < -0.3 is 4.74 Å². The Morgan fingerprint density at radius 2 is 1.70 bits per heavy atom. The first-order valence-electron chi connectivity index (χ1n) is 10.2. The summed E-state index contributed by atoms with van der Waals surface area (Å²) in [6.07, 6.45) is 0. The molecular formula is C26H18FN3O2S. The number of rotatable bonds is 6. The van der Waals surface area contributed by atoms with Crippen LogP contribution < -0.4 is 10.1 Å². The minimum Gasteiger partial charge on any atom is -0.487 e. The molecule has 0 saturated carbocycles. The van der Waals surface area contributed by atoms with Crippen LogP contribution in [0.25, 0.3) is 22.2 Å². The number of hydrogen-bond donors (Lipinski definition) is 1. The van der Waals surface area contributed by atoms with Gasteiger partial charge in [0.1, 0.15) is 18.2 Å². The molecule has 0 spiro atoms. The van der Waals surface area contributed by atoms with E-state index in [1.165, 1.54) is 23.5 Å². The highest BCUT2D eigenvalue weighted by Gasteiger charge is 2.16. The van der Waals surface area contributed by atoms with Gasteiger partial charge >= 0.3 is 0 Å². The van der Waals surface area contributed by atoms with Crippen molar-refractivity contribution in [3.63, 3.8) is 0 Å². The molecular weight excluding hydrogens is 437 g/mol. The van der Waals surface area contributed by atoms with Crippen molar-refractivity contribution in [3.8, 4) is 17.0 Å². The van der Waals surface area contributed by atoms with Crippen LogP contribution in [0.1, 0.15) is 16.1 Å². The Morgan fingerprint density at radius 1 is 0.939 bits per heavy atom. The zero-order valence-electron chi connectivity index (χ0n) is 17.4. The summed E-state index contributed by atoms with van der Waals surface area (Å²) in [6.45, 7) is 0.309. The van der Waals surface area contributed by atoms with Crippen molar-refractivity contribution in [1.29, 1.82) is 0 Å². The van der Waals surface area contributed by atoms with E-state index in [0.29, 0.717) is 28.5 Å². The van der Waals surface area contributed by atoms with Crippen molar-refractivity contribution in [1.82, 2.24) is 9.97 Å². The highest BCUT2D eigenvalue weighted by atomic mass is 32.1. The molecule has 0 aliphatic carbocycles. The number of halogens is 1. The van der Waals surface area contributed by atoms with Crippen LogP contribution in [-0.4, -0.2) is 15.9 Å². The maximum atomic E-state index is 13.4. The van der Waals surface area contributed by atoms with Crippen molar-refractivity contribution in [2.75, 3.05) is 5.32 Å². The van der Waals surface area contributed by atoms with Crippen molar-refractivity contribution in [3.05, 3.63) is 107 Å². The predicted molar refractivity (Wildman–Crippen MR) is 128 cm³/mol. The molecule has 0 fully saturated rings. The standard InChI is InChI=1S/C26H18FN3O2S/c27-18-12-10-17(11-13-18)24-14-22(21-8-4-5-9-23(21)29-24)25(31)30-26-28-19(16-33-26)15-32-20-6-2-1-3-7-20/h1-14,16H,15H2,(H,28,30,31). The number of ether oxygens (including phenoxy) is 1. The van der Waals surface area contributed by atoms with Gasteiger partial charge in [-0.2, -0.15) is 0 Å². The molecule has 1 amide bonds. The second-order valence-electron chi connectivity index (χ2n) is 7.28. The number of hydrogen-bond acceptors (Lipinski definition) is 5. The number of carbonyl (C=O) groups is 1. The van der Waals surface area contributed by atoms with Crippen LogP contribution in [0.4, 0.5) is 9.52 Å². The van der Waals surface area contributed by atoms with Crippen LogP contribution in [0, 0.1) is 5.82 Å². The Hall–Kier alpha value is -4.10. The number of amides is 1. The van der Waals surface area contributed by atoms with Crippen molar-refractivity contribution < 1.29 is 13.9 Å². The summed E-state index contributed by atoms with van der Waals surface area (Å²) in [4.78, 5) is 22.3.